The summed E-state index contributed by atoms with van der Waals surface area (Å²) in [7, 11) is -1.88. The van der Waals surface area contributed by atoms with E-state index in [0.29, 0.717) is 0 Å². The third kappa shape index (κ3) is 3.34. The van der Waals surface area contributed by atoms with Crippen LogP contribution >= 0.6 is 0 Å². The van der Waals surface area contributed by atoms with E-state index in [2.05, 4.69) is 86.0 Å². The Morgan fingerprint density at radius 3 is 1.52 bits per heavy atom. The molecule has 0 saturated carbocycles. The van der Waals surface area contributed by atoms with Crippen molar-refractivity contribution in [3.05, 3.63) is 72.9 Å². The Hall–Kier alpha value is -1.25. The van der Waals surface area contributed by atoms with Gasteiger partial charge in [0.2, 0.25) is 0 Å². The molecule has 0 N–H and O–H groups in total. The van der Waals surface area contributed by atoms with Gasteiger partial charge in [-0.1, -0.05) is 89.8 Å². The van der Waals surface area contributed by atoms with Crippen LogP contribution in [-0.4, -0.2) is 37.7 Å². The van der Waals surface area contributed by atoms with Crippen LogP contribution < -0.4 is 10.4 Å². The van der Waals surface area contributed by atoms with Crippen LogP contribution in [0.5, 0.6) is 0 Å². The van der Waals surface area contributed by atoms with Gasteiger partial charge in [-0.2, -0.15) is 0 Å². The molecule has 0 aliphatic carbocycles. The predicted molar refractivity (Wildman–Crippen MR) is 105 cm³/mol. The van der Waals surface area contributed by atoms with Gasteiger partial charge >= 0.3 is 7.60 Å². The number of hydrogen-bond donors (Lipinski definition) is 0. The van der Waals surface area contributed by atoms with E-state index in [1.165, 1.54) is 10.4 Å². The van der Waals surface area contributed by atoms with Crippen molar-refractivity contribution in [1.29, 1.82) is 0 Å². The molecular weight excluding hydrogens is 332 g/mol. The SMILES string of the molecule is C=C[Si](C)(C)[Si](OC)(OC)[Si](c1ccccc1)c1ccccc1. The maximum Gasteiger partial charge on any atom is 0.309 e. The monoisotopic (exact) mass is 357 g/mol. The van der Waals surface area contributed by atoms with Crippen molar-refractivity contribution in [3.63, 3.8) is 0 Å². The molecule has 0 aromatic heterocycles. The zero-order valence-corrected chi connectivity index (χ0v) is 17.4. The third-order valence-corrected chi connectivity index (χ3v) is 30.6. The molecule has 2 aromatic carbocycles. The fourth-order valence-corrected chi connectivity index (χ4v) is 27.4. The molecule has 0 heterocycles. The highest BCUT2D eigenvalue weighted by Gasteiger charge is 2.58. The highest BCUT2D eigenvalue weighted by Crippen LogP contribution is 2.24. The van der Waals surface area contributed by atoms with E-state index in [0.717, 1.165) is 0 Å². The van der Waals surface area contributed by atoms with Crippen molar-refractivity contribution in [1.82, 2.24) is 0 Å². The summed E-state index contributed by atoms with van der Waals surface area (Å²) < 4.78 is 12.5. The average Bonchev–Trinajstić information content (AvgIpc) is 2.61. The zero-order valence-electron chi connectivity index (χ0n) is 14.4. The van der Waals surface area contributed by atoms with E-state index < -0.39 is 23.5 Å². The molecule has 0 fully saturated rings. The first-order valence-corrected chi connectivity index (χ1v) is 16.1. The minimum absolute atomic E-state index is 1.18. The molecule has 0 spiro atoms. The Morgan fingerprint density at radius 2 is 1.22 bits per heavy atom. The lowest BCUT2D eigenvalue weighted by Crippen LogP contribution is -2.78. The number of hydrogen-bond acceptors (Lipinski definition) is 2. The summed E-state index contributed by atoms with van der Waals surface area (Å²) >= 11 is 0. The molecule has 0 bridgehead atoms. The Bertz CT molecular complexity index is 586. The van der Waals surface area contributed by atoms with Crippen LogP contribution in [0.1, 0.15) is 0 Å². The van der Waals surface area contributed by atoms with Crippen LogP contribution in [0.2, 0.25) is 13.1 Å². The molecule has 0 unspecified atom stereocenters. The van der Waals surface area contributed by atoms with Crippen molar-refractivity contribution < 1.29 is 8.85 Å². The standard InChI is InChI=1S/C18H25O2Si3/c1-6-22(4,5)23(19-2,20-3)21(17-13-9-7-10-14-17)18-15-11-8-12-16-18/h6-16H,1H2,2-5H3. The molecule has 5 heteroatoms. The summed E-state index contributed by atoms with van der Waals surface area (Å²) in [5.41, 5.74) is 2.13. The molecule has 0 aliphatic rings. The van der Waals surface area contributed by atoms with Gasteiger partial charge in [0.25, 0.3) is 0 Å². The minimum atomic E-state index is -2.46. The minimum Gasteiger partial charge on any atom is -0.402 e. The highest BCUT2D eigenvalue weighted by atomic mass is 29.6. The van der Waals surface area contributed by atoms with Gasteiger partial charge in [0.15, 0.2) is 8.31 Å². The van der Waals surface area contributed by atoms with E-state index >= 15 is 0 Å². The normalized spacial score (nSPS) is 12.4. The lowest BCUT2D eigenvalue weighted by atomic mass is 10.4. The Labute approximate surface area is 143 Å². The summed E-state index contributed by atoms with van der Waals surface area (Å²) in [6.07, 6.45) is 0. The number of benzene rings is 2. The van der Waals surface area contributed by atoms with Gasteiger partial charge in [0.1, 0.15) is 7.59 Å². The largest absolute Gasteiger partial charge is 0.402 e. The van der Waals surface area contributed by atoms with Crippen molar-refractivity contribution in [2.45, 2.75) is 13.1 Å². The van der Waals surface area contributed by atoms with E-state index in [1.54, 1.807) is 0 Å². The molecule has 23 heavy (non-hydrogen) atoms. The summed E-state index contributed by atoms with van der Waals surface area (Å²) in [4.78, 5) is 0. The fraction of sp³-hybridized carbons (Fsp3) is 0.222. The maximum absolute atomic E-state index is 6.27. The smallest absolute Gasteiger partial charge is 0.309 e. The Kier molecular flexibility index (Phi) is 5.94. The van der Waals surface area contributed by atoms with Crippen LogP contribution in [0, 0.1) is 0 Å². The van der Waals surface area contributed by atoms with Gasteiger partial charge in [-0.3, -0.25) is 0 Å². The van der Waals surface area contributed by atoms with E-state index in [9.17, 15) is 0 Å². The summed E-state index contributed by atoms with van der Waals surface area (Å²) in [5, 5.41) is 2.70. The summed E-state index contributed by atoms with van der Waals surface area (Å²) in [5.74, 6) is 0. The molecular formula is C18H25O2Si3. The van der Waals surface area contributed by atoms with Crippen LogP contribution in [0.25, 0.3) is 0 Å². The second-order valence-corrected chi connectivity index (χ2v) is 24.7. The lowest BCUT2D eigenvalue weighted by molar-refractivity contribution is 0.283. The van der Waals surface area contributed by atoms with Crippen molar-refractivity contribution in [2.75, 3.05) is 14.2 Å². The fourth-order valence-electron chi connectivity index (χ4n) is 3.03. The second-order valence-electron chi connectivity index (χ2n) is 6.06. The quantitative estimate of drug-likeness (QED) is 0.709. The zero-order chi connectivity index (χ0) is 16.9. The average molecular weight is 358 g/mol. The van der Waals surface area contributed by atoms with E-state index in [1.807, 2.05) is 14.2 Å². The van der Waals surface area contributed by atoms with Gasteiger partial charge in [-0.25, -0.2) is 0 Å². The molecule has 0 saturated heterocycles. The predicted octanol–water partition coefficient (Wildman–Crippen LogP) is 2.62. The van der Waals surface area contributed by atoms with Crippen molar-refractivity contribution in [2.24, 2.45) is 0 Å². The summed E-state index contributed by atoms with van der Waals surface area (Å²) in [6, 6.07) is 21.4. The second kappa shape index (κ2) is 7.55. The van der Waals surface area contributed by atoms with Crippen molar-refractivity contribution in [3.8, 4) is 0 Å². The van der Waals surface area contributed by atoms with E-state index in [-0.39, 0.29) is 0 Å². The van der Waals surface area contributed by atoms with Gasteiger partial charge < -0.3 is 8.85 Å². The summed E-state index contributed by atoms with van der Waals surface area (Å²) in [6.45, 7) is 8.75. The molecule has 2 rings (SSSR count). The molecule has 2 aromatic rings. The van der Waals surface area contributed by atoms with Gasteiger partial charge in [-0.15, -0.1) is 6.58 Å². The molecule has 0 atom stereocenters. The van der Waals surface area contributed by atoms with Gasteiger partial charge in [-0.05, 0) is 0 Å². The van der Waals surface area contributed by atoms with Crippen LogP contribution in [0.15, 0.2) is 72.9 Å². The number of rotatable bonds is 7. The topological polar surface area (TPSA) is 18.5 Å². The molecule has 121 valence electrons. The molecule has 1 radical (unpaired) electrons. The first-order chi connectivity index (χ1) is 11.0. The van der Waals surface area contributed by atoms with Gasteiger partial charge in [0.05, 0.1) is 0 Å². The lowest BCUT2D eigenvalue weighted by Gasteiger charge is -2.43. The first-order valence-electron chi connectivity index (χ1n) is 7.74. The third-order valence-electron chi connectivity index (χ3n) is 4.39. The first kappa shape index (κ1) is 18.1. The highest BCUT2D eigenvalue weighted by molar-refractivity contribution is 7.65. The van der Waals surface area contributed by atoms with Crippen LogP contribution in [-0.2, 0) is 8.85 Å². The van der Waals surface area contributed by atoms with Gasteiger partial charge in [0, 0.05) is 14.2 Å². The molecule has 2 nitrogen and oxygen atoms in total. The maximum atomic E-state index is 6.27. The Morgan fingerprint density at radius 1 is 0.826 bits per heavy atom. The molecule has 0 amide bonds. The van der Waals surface area contributed by atoms with Crippen LogP contribution in [0.4, 0.5) is 0 Å². The van der Waals surface area contributed by atoms with E-state index in [4.69, 9.17) is 8.85 Å². The van der Waals surface area contributed by atoms with Crippen LogP contribution in [0.3, 0.4) is 0 Å². The molecule has 0 aliphatic heterocycles. The van der Waals surface area contributed by atoms with Crippen molar-refractivity contribution >= 4 is 33.9 Å². The Balaban J connectivity index is 2.71.